The number of anilines is 1. The molecule has 0 aromatic heterocycles. The molecule has 0 bridgehead atoms. The van der Waals surface area contributed by atoms with Crippen molar-refractivity contribution >= 4 is 35.2 Å². The molecule has 1 heterocycles. The average Bonchev–Trinajstić information content (AvgIpc) is 2.97. The first-order valence-electron chi connectivity index (χ1n) is 8.38. The molecule has 0 spiro atoms. The molecule has 1 saturated heterocycles. The lowest BCUT2D eigenvalue weighted by atomic mass is 10.1. The van der Waals surface area contributed by atoms with Gasteiger partial charge in [0, 0.05) is 11.6 Å². The van der Waals surface area contributed by atoms with Crippen LogP contribution in [0.4, 0.5) is 11.4 Å². The summed E-state index contributed by atoms with van der Waals surface area (Å²) < 4.78 is 5.25. The van der Waals surface area contributed by atoms with Gasteiger partial charge in [0.25, 0.3) is 11.8 Å². The van der Waals surface area contributed by atoms with E-state index >= 15 is 0 Å². The standard InChI is InChI=1S/C19H15N3O7/c1-11(19(25)26)29-16-12(6-5-9-15(16)22(27)28)10-14-17(23)20-21(18(14)24)13-7-3-2-4-8-13/h2-11H,1H3,(H,20,23)(H,25,26)/b14-10-/t11-/m0/s1. The minimum absolute atomic E-state index is 0.0284. The minimum Gasteiger partial charge on any atom is -0.479 e. The Kier molecular flexibility index (Phi) is 5.26. The van der Waals surface area contributed by atoms with E-state index in [-0.39, 0.29) is 16.9 Å². The van der Waals surface area contributed by atoms with Gasteiger partial charge in [-0.25, -0.2) is 9.80 Å². The van der Waals surface area contributed by atoms with Crippen LogP contribution in [0.2, 0.25) is 0 Å². The predicted octanol–water partition coefficient (Wildman–Crippen LogP) is 1.91. The van der Waals surface area contributed by atoms with Gasteiger partial charge in [-0.2, -0.15) is 0 Å². The number of amides is 2. The molecule has 1 aliphatic heterocycles. The molecule has 148 valence electrons. The van der Waals surface area contributed by atoms with Crippen LogP contribution in [0.25, 0.3) is 6.08 Å². The molecule has 29 heavy (non-hydrogen) atoms. The highest BCUT2D eigenvalue weighted by Gasteiger charge is 2.35. The molecule has 1 fully saturated rings. The van der Waals surface area contributed by atoms with Gasteiger partial charge in [0.15, 0.2) is 6.10 Å². The van der Waals surface area contributed by atoms with Crippen molar-refractivity contribution < 1.29 is 29.2 Å². The van der Waals surface area contributed by atoms with E-state index in [0.29, 0.717) is 5.69 Å². The molecule has 2 aromatic rings. The van der Waals surface area contributed by atoms with Crippen molar-refractivity contribution in [3.05, 3.63) is 69.8 Å². The quantitative estimate of drug-likeness (QED) is 0.328. The van der Waals surface area contributed by atoms with Gasteiger partial charge in [-0.1, -0.05) is 30.3 Å². The fraction of sp³-hybridized carbons (Fsp3) is 0.105. The SMILES string of the molecule is C[C@H](Oc1c(/C=C2/C(=O)NN(c3ccccc3)C2=O)cccc1[N+](=O)[O-])C(=O)O. The van der Waals surface area contributed by atoms with E-state index in [9.17, 15) is 24.5 Å². The lowest BCUT2D eigenvalue weighted by Crippen LogP contribution is -2.35. The van der Waals surface area contributed by atoms with Gasteiger partial charge in [-0.15, -0.1) is 0 Å². The Bertz CT molecular complexity index is 1030. The average molecular weight is 397 g/mol. The molecular weight excluding hydrogens is 382 g/mol. The van der Waals surface area contributed by atoms with Gasteiger partial charge in [0.05, 0.1) is 10.6 Å². The number of nitrogens with one attached hydrogen (secondary N) is 1. The molecule has 0 unspecified atom stereocenters. The number of hydrogen-bond acceptors (Lipinski definition) is 6. The monoisotopic (exact) mass is 397 g/mol. The zero-order valence-corrected chi connectivity index (χ0v) is 15.1. The third-order valence-electron chi connectivity index (χ3n) is 4.07. The summed E-state index contributed by atoms with van der Waals surface area (Å²) in [6.07, 6.45) is -0.250. The highest BCUT2D eigenvalue weighted by Crippen LogP contribution is 2.34. The van der Waals surface area contributed by atoms with Crippen LogP contribution >= 0.6 is 0 Å². The summed E-state index contributed by atoms with van der Waals surface area (Å²) in [5.41, 5.74) is 2.11. The number of carbonyl (C=O) groups excluding carboxylic acids is 2. The first-order valence-corrected chi connectivity index (χ1v) is 8.38. The third kappa shape index (κ3) is 3.90. The summed E-state index contributed by atoms with van der Waals surface area (Å²) in [5.74, 6) is -3.04. The van der Waals surface area contributed by atoms with Crippen LogP contribution in [-0.4, -0.2) is 33.9 Å². The van der Waals surface area contributed by atoms with Crippen LogP contribution in [0, 0.1) is 10.1 Å². The Morgan fingerprint density at radius 1 is 1.21 bits per heavy atom. The lowest BCUT2D eigenvalue weighted by molar-refractivity contribution is -0.386. The number of carboxylic acids is 1. The van der Waals surface area contributed by atoms with E-state index in [1.807, 2.05) is 0 Å². The van der Waals surface area contributed by atoms with Gasteiger partial charge in [0.2, 0.25) is 5.75 Å². The Labute approximate surface area is 164 Å². The fourth-order valence-corrected chi connectivity index (χ4v) is 2.63. The Morgan fingerprint density at radius 2 is 1.90 bits per heavy atom. The second-order valence-corrected chi connectivity index (χ2v) is 6.03. The Hall–Kier alpha value is -4.21. The van der Waals surface area contributed by atoms with Crippen molar-refractivity contribution in [2.45, 2.75) is 13.0 Å². The lowest BCUT2D eigenvalue weighted by Gasteiger charge is -2.14. The third-order valence-corrected chi connectivity index (χ3v) is 4.07. The number of ether oxygens (including phenoxy) is 1. The molecule has 1 atom stereocenters. The van der Waals surface area contributed by atoms with E-state index in [4.69, 9.17) is 9.84 Å². The van der Waals surface area contributed by atoms with Crippen molar-refractivity contribution in [2.75, 3.05) is 5.01 Å². The van der Waals surface area contributed by atoms with Crippen LogP contribution in [-0.2, 0) is 14.4 Å². The number of carboxylic acid groups (broad SMARTS) is 1. The van der Waals surface area contributed by atoms with E-state index in [1.54, 1.807) is 30.3 Å². The van der Waals surface area contributed by atoms with Gasteiger partial charge in [-0.05, 0) is 25.1 Å². The maximum absolute atomic E-state index is 12.7. The maximum Gasteiger partial charge on any atom is 0.344 e. The van der Waals surface area contributed by atoms with Gasteiger partial charge >= 0.3 is 11.7 Å². The number of nitro groups is 1. The number of rotatable bonds is 6. The number of aliphatic carboxylic acids is 1. The summed E-state index contributed by atoms with van der Waals surface area (Å²) in [5, 5.41) is 21.4. The fourth-order valence-electron chi connectivity index (χ4n) is 2.63. The molecular formula is C19H15N3O7. The van der Waals surface area contributed by atoms with Crippen LogP contribution in [0.1, 0.15) is 12.5 Å². The highest BCUT2D eigenvalue weighted by molar-refractivity contribution is 6.31. The van der Waals surface area contributed by atoms with Crippen molar-refractivity contribution in [3.63, 3.8) is 0 Å². The molecule has 0 saturated carbocycles. The molecule has 0 aliphatic carbocycles. The number of para-hydroxylation sites is 2. The number of hydrazine groups is 1. The zero-order chi connectivity index (χ0) is 21.1. The first-order chi connectivity index (χ1) is 13.8. The van der Waals surface area contributed by atoms with Crippen LogP contribution in [0.15, 0.2) is 54.1 Å². The molecule has 1 aliphatic rings. The molecule has 2 N–H and O–H groups in total. The van der Waals surface area contributed by atoms with Crippen LogP contribution in [0.5, 0.6) is 5.75 Å². The highest BCUT2D eigenvalue weighted by atomic mass is 16.6. The van der Waals surface area contributed by atoms with E-state index in [2.05, 4.69) is 5.43 Å². The Balaban J connectivity index is 2.04. The second kappa shape index (κ2) is 7.80. The summed E-state index contributed by atoms with van der Waals surface area (Å²) in [7, 11) is 0. The number of benzene rings is 2. The Morgan fingerprint density at radius 3 is 2.52 bits per heavy atom. The number of carbonyl (C=O) groups is 3. The largest absolute Gasteiger partial charge is 0.479 e. The molecule has 0 radical (unpaired) electrons. The number of nitrogens with zero attached hydrogens (tertiary/aromatic N) is 2. The predicted molar refractivity (Wildman–Crippen MR) is 101 cm³/mol. The summed E-state index contributed by atoms with van der Waals surface area (Å²) in [6, 6.07) is 12.2. The molecule has 10 nitrogen and oxygen atoms in total. The summed E-state index contributed by atoms with van der Waals surface area (Å²) in [4.78, 5) is 46.7. The van der Waals surface area contributed by atoms with Gasteiger partial charge < -0.3 is 9.84 Å². The van der Waals surface area contributed by atoms with Gasteiger partial charge in [0.1, 0.15) is 5.57 Å². The molecule has 10 heteroatoms. The normalized spacial score (nSPS) is 15.9. The van der Waals surface area contributed by atoms with E-state index in [1.165, 1.54) is 19.1 Å². The van der Waals surface area contributed by atoms with E-state index in [0.717, 1.165) is 17.2 Å². The molecule has 2 aromatic carbocycles. The minimum atomic E-state index is -1.39. The number of nitro benzene ring substituents is 1. The second-order valence-electron chi connectivity index (χ2n) is 6.03. The van der Waals surface area contributed by atoms with Crippen molar-refractivity contribution in [2.24, 2.45) is 0 Å². The molecule has 2 amide bonds. The molecule has 3 rings (SSSR count). The van der Waals surface area contributed by atoms with Crippen LogP contribution in [0.3, 0.4) is 0 Å². The number of hydrogen-bond donors (Lipinski definition) is 2. The van der Waals surface area contributed by atoms with Crippen molar-refractivity contribution in [1.82, 2.24) is 5.43 Å². The summed E-state index contributed by atoms with van der Waals surface area (Å²) in [6.45, 7) is 1.21. The maximum atomic E-state index is 12.7. The smallest absolute Gasteiger partial charge is 0.344 e. The topological polar surface area (TPSA) is 139 Å². The zero-order valence-electron chi connectivity index (χ0n) is 15.1. The van der Waals surface area contributed by atoms with E-state index < -0.39 is 34.5 Å². The van der Waals surface area contributed by atoms with Gasteiger partial charge in [-0.3, -0.25) is 25.1 Å². The van der Waals surface area contributed by atoms with Crippen molar-refractivity contribution in [3.8, 4) is 5.75 Å². The van der Waals surface area contributed by atoms with Crippen molar-refractivity contribution in [1.29, 1.82) is 0 Å². The summed E-state index contributed by atoms with van der Waals surface area (Å²) >= 11 is 0. The first kappa shape index (κ1) is 19.5. The van der Waals surface area contributed by atoms with Crippen LogP contribution < -0.4 is 15.2 Å².